The summed E-state index contributed by atoms with van der Waals surface area (Å²) in [5.74, 6) is 0.799. The number of nitrogens with zero attached hydrogens (tertiary/aromatic N) is 2. The maximum absolute atomic E-state index is 12.5. The molecule has 1 aliphatic rings. The zero-order chi connectivity index (χ0) is 15.1. The number of likely N-dealkylation sites (tertiary alicyclic amines) is 1. The summed E-state index contributed by atoms with van der Waals surface area (Å²) in [4.78, 5) is 18.7. The van der Waals surface area contributed by atoms with Gasteiger partial charge >= 0.3 is 0 Å². The van der Waals surface area contributed by atoms with Gasteiger partial charge in [-0.3, -0.25) is 9.78 Å². The van der Waals surface area contributed by atoms with Crippen LogP contribution in [0.1, 0.15) is 56.4 Å². The third-order valence-electron chi connectivity index (χ3n) is 4.16. The molecule has 0 aliphatic carbocycles. The molecule has 2 heterocycles. The molecule has 0 radical (unpaired) electrons. The number of piperidine rings is 1. The van der Waals surface area contributed by atoms with Gasteiger partial charge in [-0.25, -0.2) is 0 Å². The maximum atomic E-state index is 12.5. The summed E-state index contributed by atoms with van der Waals surface area (Å²) in [6.45, 7) is 7.11. The van der Waals surface area contributed by atoms with Gasteiger partial charge in [-0.2, -0.15) is 0 Å². The number of hydrogen-bond acceptors (Lipinski definition) is 3. The normalized spacial score (nSPS) is 16.0. The van der Waals surface area contributed by atoms with Gasteiger partial charge in [0.15, 0.2) is 0 Å². The van der Waals surface area contributed by atoms with Gasteiger partial charge in [0.2, 0.25) is 0 Å². The van der Waals surface area contributed by atoms with Crippen LogP contribution in [0.15, 0.2) is 18.3 Å². The molecule has 4 nitrogen and oxygen atoms in total. The van der Waals surface area contributed by atoms with E-state index in [2.05, 4.69) is 24.1 Å². The van der Waals surface area contributed by atoms with Gasteiger partial charge in [0.25, 0.3) is 5.91 Å². The molecule has 1 aromatic heterocycles. The number of amides is 1. The molecule has 0 spiro atoms. The van der Waals surface area contributed by atoms with Crippen molar-refractivity contribution >= 4 is 11.6 Å². The van der Waals surface area contributed by atoms with E-state index in [0.29, 0.717) is 5.69 Å². The SMILES string of the molecule is CCCCCNc1ccnc(C(=O)N2CCC(C)CC2)c1. The standard InChI is InChI=1S/C17H27N3O/c1-3-4-5-9-18-15-6-10-19-16(13-15)17(21)20-11-7-14(2)8-12-20/h6,10,13-14H,3-5,7-9,11-12H2,1-2H3,(H,18,19). The zero-order valence-electron chi connectivity index (χ0n) is 13.3. The summed E-state index contributed by atoms with van der Waals surface area (Å²) in [7, 11) is 0. The summed E-state index contributed by atoms with van der Waals surface area (Å²) >= 11 is 0. The largest absolute Gasteiger partial charge is 0.385 e. The van der Waals surface area contributed by atoms with Gasteiger partial charge < -0.3 is 10.2 Å². The molecule has 0 aromatic carbocycles. The summed E-state index contributed by atoms with van der Waals surface area (Å²) < 4.78 is 0. The highest BCUT2D eigenvalue weighted by Gasteiger charge is 2.22. The Morgan fingerprint density at radius 2 is 2.14 bits per heavy atom. The van der Waals surface area contributed by atoms with Crippen molar-refractivity contribution in [1.29, 1.82) is 0 Å². The van der Waals surface area contributed by atoms with Crippen molar-refractivity contribution < 1.29 is 4.79 Å². The zero-order valence-corrected chi connectivity index (χ0v) is 13.3. The fourth-order valence-corrected chi connectivity index (χ4v) is 2.64. The summed E-state index contributed by atoms with van der Waals surface area (Å²) in [6.07, 6.45) is 7.53. The average Bonchev–Trinajstić information content (AvgIpc) is 2.52. The van der Waals surface area contributed by atoms with Crippen LogP contribution in [0, 0.1) is 5.92 Å². The Balaban J connectivity index is 1.91. The maximum Gasteiger partial charge on any atom is 0.272 e. The lowest BCUT2D eigenvalue weighted by Crippen LogP contribution is -2.38. The van der Waals surface area contributed by atoms with Gasteiger partial charge in [0.05, 0.1) is 0 Å². The van der Waals surface area contributed by atoms with Crippen LogP contribution in [-0.2, 0) is 0 Å². The molecule has 116 valence electrons. The Hall–Kier alpha value is -1.58. The van der Waals surface area contributed by atoms with Crippen LogP contribution in [0.5, 0.6) is 0 Å². The van der Waals surface area contributed by atoms with E-state index in [1.807, 2.05) is 17.0 Å². The predicted octanol–water partition coefficient (Wildman–Crippen LogP) is 3.56. The van der Waals surface area contributed by atoms with E-state index in [9.17, 15) is 4.79 Å². The van der Waals surface area contributed by atoms with E-state index < -0.39 is 0 Å². The van der Waals surface area contributed by atoms with Crippen LogP contribution in [0.4, 0.5) is 5.69 Å². The van der Waals surface area contributed by atoms with Crippen LogP contribution in [-0.4, -0.2) is 35.4 Å². The minimum Gasteiger partial charge on any atom is -0.385 e. The predicted molar refractivity (Wildman–Crippen MR) is 86.6 cm³/mol. The van der Waals surface area contributed by atoms with Gasteiger partial charge in [-0.05, 0) is 37.3 Å². The smallest absolute Gasteiger partial charge is 0.272 e. The summed E-state index contributed by atoms with van der Waals surface area (Å²) in [5, 5.41) is 3.37. The first-order valence-corrected chi connectivity index (χ1v) is 8.20. The van der Waals surface area contributed by atoms with Crippen LogP contribution < -0.4 is 5.32 Å². The number of anilines is 1. The molecule has 0 atom stereocenters. The topological polar surface area (TPSA) is 45.2 Å². The van der Waals surface area contributed by atoms with Crippen LogP contribution in [0.25, 0.3) is 0 Å². The number of aromatic nitrogens is 1. The second-order valence-corrected chi connectivity index (χ2v) is 6.04. The van der Waals surface area contributed by atoms with Crippen LogP contribution in [0.3, 0.4) is 0 Å². The van der Waals surface area contributed by atoms with Crippen molar-refractivity contribution in [3.05, 3.63) is 24.0 Å². The van der Waals surface area contributed by atoms with E-state index in [1.165, 1.54) is 12.8 Å². The number of carbonyl (C=O) groups is 1. The van der Waals surface area contributed by atoms with Crippen LogP contribution in [0.2, 0.25) is 0 Å². The molecular weight excluding hydrogens is 262 g/mol. The van der Waals surface area contributed by atoms with Crippen molar-refractivity contribution in [2.45, 2.75) is 46.0 Å². The molecule has 0 saturated carbocycles. The highest BCUT2D eigenvalue weighted by atomic mass is 16.2. The third-order valence-corrected chi connectivity index (χ3v) is 4.16. The second-order valence-electron chi connectivity index (χ2n) is 6.04. The fourth-order valence-electron chi connectivity index (χ4n) is 2.64. The molecule has 4 heteroatoms. The lowest BCUT2D eigenvalue weighted by Gasteiger charge is -2.30. The Morgan fingerprint density at radius 3 is 2.86 bits per heavy atom. The van der Waals surface area contributed by atoms with E-state index >= 15 is 0 Å². The highest BCUT2D eigenvalue weighted by molar-refractivity contribution is 5.93. The van der Waals surface area contributed by atoms with Crippen LogP contribution >= 0.6 is 0 Å². The number of unbranched alkanes of at least 4 members (excludes halogenated alkanes) is 2. The van der Waals surface area contributed by atoms with Crippen molar-refractivity contribution in [2.75, 3.05) is 25.0 Å². The van der Waals surface area contributed by atoms with Crippen molar-refractivity contribution in [3.63, 3.8) is 0 Å². The quantitative estimate of drug-likeness (QED) is 0.814. The molecule has 0 unspecified atom stereocenters. The number of pyridine rings is 1. The first kappa shape index (κ1) is 15.8. The summed E-state index contributed by atoms with van der Waals surface area (Å²) in [5.41, 5.74) is 1.56. The number of hydrogen-bond donors (Lipinski definition) is 1. The Morgan fingerprint density at radius 1 is 1.38 bits per heavy atom. The van der Waals surface area contributed by atoms with Crippen molar-refractivity contribution in [3.8, 4) is 0 Å². The first-order valence-electron chi connectivity index (χ1n) is 8.20. The number of nitrogens with one attached hydrogen (secondary N) is 1. The molecule has 1 aromatic rings. The van der Waals surface area contributed by atoms with E-state index in [1.54, 1.807) is 6.20 Å². The number of rotatable bonds is 6. The molecule has 0 bridgehead atoms. The molecule has 21 heavy (non-hydrogen) atoms. The number of carbonyl (C=O) groups excluding carboxylic acids is 1. The fraction of sp³-hybridized carbons (Fsp3) is 0.647. The second kappa shape index (κ2) is 8.01. The molecule has 1 fully saturated rings. The Kier molecular flexibility index (Phi) is 6.03. The molecule has 1 aliphatic heterocycles. The van der Waals surface area contributed by atoms with E-state index in [4.69, 9.17) is 0 Å². The van der Waals surface area contributed by atoms with Crippen molar-refractivity contribution in [1.82, 2.24) is 9.88 Å². The van der Waals surface area contributed by atoms with Gasteiger partial charge in [0.1, 0.15) is 5.69 Å². The average molecular weight is 289 g/mol. The van der Waals surface area contributed by atoms with Gasteiger partial charge in [0, 0.05) is 31.5 Å². The van der Waals surface area contributed by atoms with E-state index in [-0.39, 0.29) is 5.91 Å². The third kappa shape index (κ3) is 4.73. The minimum absolute atomic E-state index is 0.0686. The Bertz CT molecular complexity index is 453. The molecular formula is C17H27N3O. The lowest BCUT2D eigenvalue weighted by molar-refractivity contribution is 0.0691. The first-order chi connectivity index (χ1) is 10.2. The van der Waals surface area contributed by atoms with Crippen molar-refractivity contribution in [2.24, 2.45) is 5.92 Å². The monoisotopic (exact) mass is 289 g/mol. The minimum atomic E-state index is 0.0686. The lowest BCUT2D eigenvalue weighted by atomic mass is 9.99. The van der Waals surface area contributed by atoms with Gasteiger partial charge in [-0.15, -0.1) is 0 Å². The van der Waals surface area contributed by atoms with Gasteiger partial charge in [-0.1, -0.05) is 26.7 Å². The Labute approximate surface area is 127 Å². The molecule has 1 saturated heterocycles. The summed E-state index contributed by atoms with van der Waals surface area (Å²) in [6, 6.07) is 3.81. The molecule has 1 N–H and O–H groups in total. The van der Waals surface area contributed by atoms with E-state index in [0.717, 1.165) is 50.5 Å². The molecule has 1 amide bonds. The molecule has 2 rings (SSSR count). The highest BCUT2D eigenvalue weighted by Crippen LogP contribution is 2.18.